The molecular weight excluding hydrogens is 232 g/mol. The molecule has 2 aliphatic rings. The van der Waals surface area contributed by atoms with Crippen LogP contribution in [0.15, 0.2) is 0 Å². The van der Waals surface area contributed by atoms with Crippen LogP contribution in [0.5, 0.6) is 0 Å². The zero-order chi connectivity index (χ0) is 13.5. The Morgan fingerprint density at radius 3 is 2.16 bits per heavy atom. The molecule has 2 rings (SSSR count). The molecule has 0 aromatic rings. The van der Waals surface area contributed by atoms with Gasteiger partial charge in [0.05, 0.1) is 0 Å². The normalized spacial score (nSPS) is 24.2. The first-order chi connectivity index (χ1) is 9.35. The topological polar surface area (TPSA) is 15.3 Å². The Morgan fingerprint density at radius 1 is 0.947 bits per heavy atom. The number of likely N-dealkylation sites (N-methyl/N-ethyl adjacent to an activating group) is 2. The molecule has 1 atom stereocenters. The lowest BCUT2D eigenvalue weighted by molar-refractivity contribution is 0.150. The van der Waals surface area contributed by atoms with E-state index in [-0.39, 0.29) is 0 Å². The molecule has 2 heteroatoms. The largest absolute Gasteiger partial charge is 0.313 e. The van der Waals surface area contributed by atoms with Crippen LogP contribution in [0.1, 0.15) is 71.6 Å². The van der Waals surface area contributed by atoms with Crippen LogP contribution in [0.4, 0.5) is 0 Å². The highest BCUT2D eigenvalue weighted by Gasteiger charge is 2.28. The van der Waals surface area contributed by atoms with E-state index < -0.39 is 0 Å². The second-order valence-corrected chi connectivity index (χ2v) is 6.59. The van der Waals surface area contributed by atoms with Gasteiger partial charge in [0.25, 0.3) is 0 Å². The summed E-state index contributed by atoms with van der Waals surface area (Å²) in [6.45, 7) is 8.27. The Balaban J connectivity index is 1.89. The van der Waals surface area contributed by atoms with Gasteiger partial charge >= 0.3 is 0 Å². The Morgan fingerprint density at radius 2 is 1.58 bits per heavy atom. The second kappa shape index (κ2) is 8.26. The fourth-order valence-corrected chi connectivity index (χ4v) is 4.24. The van der Waals surface area contributed by atoms with Crippen molar-refractivity contribution in [3.05, 3.63) is 0 Å². The Labute approximate surface area is 120 Å². The maximum absolute atomic E-state index is 3.80. The predicted octanol–water partition coefficient (Wildman–Crippen LogP) is 3.81. The summed E-state index contributed by atoms with van der Waals surface area (Å²) in [6, 6.07) is 1.63. The minimum absolute atomic E-state index is 0.742. The summed E-state index contributed by atoms with van der Waals surface area (Å²) in [5.41, 5.74) is 0. The third-order valence-electron chi connectivity index (χ3n) is 5.36. The quantitative estimate of drug-likeness (QED) is 0.754. The molecule has 0 spiro atoms. The molecule has 1 N–H and O–H groups in total. The van der Waals surface area contributed by atoms with E-state index in [1.165, 1.54) is 70.9 Å². The average Bonchev–Trinajstić information content (AvgIpc) is 2.98. The van der Waals surface area contributed by atoms with E-state index in [9.17, 15) is 0 Å². The fourth-order valence-electron chi connectivity index (χ4n) is 4.24. The molecule has 2 fully saturated rings. The number of hydrogen-bond acceptors (Lipinski definition) is 2. The zero-order valence-corrected chi connectivity index (χ0v) is 13.2. The highest BCUT2D eigenvalue weighted by Crippen LogP contribution is 2.29. The lowest BCUT2D eigenvalue weighted by atomic mass is 9.83. The number of nitrogens with zero attached hydrogens (tertiary/aromatic N) is 1. The smallest absolute Gasteiger partial charge is 0.0223 e. The molecule has 0 amide bonds. The SMILES string of the molecule is CCNC(CN(CC)C1CCCC1)C1CCCCC1. The molecule has 0 saturated heterocycles. The van der Waals surface area contributed by atoms with Gasteiger partial charge in [0.1, 0.15) is 0 Å². The fraction of sp³-hybridized carbons (Fsp3) is 1.00. The van der Waals surface area contributed by atoms with Crippen molar-refractivity contribution in [1.82, 2.24) is 10.2 Å². The lowest BCUT2D eigenvalue weighted by Gasteiger charge is -2.37. The van der Waals surface area contributed by atoms with Gasteiger partial charge in [-0.25, -0.2) is 0 Å². The summed E-state index contributed by atoms with van der Waals surface area (Å²) >= 11 is 0. The molecule has 2 nitrogen and oxygen atoms in total. The van der Waals surface area contributed by atoms with Crippen LogP contribution in [0, 0.1) is 5.92 Å². The molecule has 0 radical (unpaired) electrons. The molecule has 19 heavy (non-hydrogen) atoms. The van der Waals surface area contributed by atoms with Gasteiger partial charge < -0.3 is 5.32 Å². The molecule has 0 aromatic carbocycles. The Bertz CT molecular complexity index is 229. The molecule has 112 valence electrons. The molecular formula is C17H34N2. The minimum Gasteiger partial charge on any atom is -0.313 e. The third kappa shape index (κ3) is 4.46. The van der Waals surface area contributed by atoms with Crippen LogP contribution in [0.2, 0.25) is 0 Å². The first-order valence-electron chi connectivity index (χ1n) is 8.82. The predicted molar refractivity (Wildman–Crippen MR) is 83.5 cm³/mol. The standard InChI is InChI=1S/C17H34N2/c1-3-18-17(15-10-6-5-7-11-15)14-19(4-2)16-12-8-9-13-16/h15-18H,3-14H2,1-2H3. The Hall–Kier alpha value is -0.0800. The molecule has 0 aliphatic heterocycles. The molecule has 0 aromatic heterocycles. The summed E-state index contributed by atoms with van der Waals surface area (Å²) in [5.74, 6) is 0.934. The van der Waals surface area contributed by atoms with E-state index in [1.54, 1.807) is 0 Å². The monoisotopic (exact) mass is 266 g/mol. The molecule has 1 unspecified atom stereocenters. The van der Waals surface area contributed by atoms with Gasteiger partial charge in [0, 0.05) is 18.6 Å². The van der Waals surface area contributed by atoms with Gasteiger partial charge in [-0.1, -0.05) is 46.0 Å². The lowest BCUT2D eigenvalue weighted by Crippen LogP contribution is -2.48. The second-order valence-electron chi connectivity index (χ2n) is 6.59. The van der Waals surface area contributed by atoms with E-state index >= 15 is 0 Å². The van der Waals surface area contributed by atoms with Gasteiger partial charge in [0.15, 0.2) is 0 Å². The van der Waals surface area contributed by atoms with Gasteiger partial charge in [-0.2, -0.15) is 0 Å². The zero-order valence-electron chi connectivity index (χ0n) is 13.2. The van der Waals surface area contributed by atoms with Crippen LogP contribution < -0.4 is 5.32 Å². The highest BCUT2D eigenvalue weighted by atomic mass is 15.2. The van der Waals surface area contributed by atoms with Crippen molar-refractivity contribution in [2.24, 2.45) is 5.92 Å². The first-order valence-corrected chi connectivity index (χ1v) is 8.82. The van der Waals surface area contributed by atoms with E-state index in [0.29, 0.717) is 0 Å². The van der Waals surface area contributed by atoms with Crippen molar-refractivity contribution >= 4 is 0 Å². The minimum atomic E-state index is 0.742. The molecule has 2 aliphatic carbocycles. The van der Waals surface area contributed by atoms with Crippen molar-refractivity contribution in [3.8, 4) is 0 Å². The third-order valence-corrected chi connectivity index (χ3v) is 5.36. The summed E-state index contributed by atoms with van der Waals surface area (Å²) in [7, 11) is 0. The van der Waals surface area contributed by atoms with Gasteiger partial charge in [-0.05, 0) is 44.7 Å². The summed E-state index contributed by atoms with van der Waals surface area (Å²) in [5, 5.41) is 3.80. The van der Waals surface area contributed by atoms with E-state index in [2.05, 4.69) is 24.1 Å². The van der Waals surface area contributed by atoms with Crippen LogP contribution in [0.25, 0.3) is 0 Å². The van der Waals surface area contributed by atoms with E-state index in [1.807, 2.05) is 0 Å². The number of hydrogen-bond donors (Lipinski definition) is 1. The van der Waals surface area contributed by atoms with Gasteiger partial charge in [-0.15, -0.1) is 0 Å². The van der Waals surface area contributed by atoms with Crippen molar-refractivity contribution < 1.29 is 0 Å². The summed E-state index contributed by atoms with van der Waals surface area (Å²) in [4.78, 5) is 2.77. The first kappa shape index (κ1) is 15.3. The van der Waals surface area contributed by atoms with Gasteiger partial charge in [-0.3, -0.25) is 4.90 Å². The van der Waals surface area contributed by atoms with Crippen LogP contribution in [-0.4, -0.2) is 36.6 Å². The molecule has 0 heterocycles. The number of rotatable bonds is 7. The summed E-state index contributed by atoms with van der Waals surface area (Å²) in [6.07, 6.45) is 13.1. The van der Waals surface area contributed by atoms with Gasteiger partial charge in [0.2, 0.25) is 0 Å². The van der Waals surface area contributed by atoms with E-state index in [0.717, 1.165) is 24.5 Å². The Kier molecular flexibility index (Phi) is 6.66. The summed E-state index contributed by atoms with van der Waals surface area (Å²) < 4.78 is 0. The maximum atomic E-state index is 3.80. The molecule has 2 saturated carbocycles. The maximum Gasteiger partial charge on any atom is 0.0223 e. The van der Waals surface area contributed by atoms with Crippen LogP contribution in [0.3, 0.4) is 0 Å². The number of nitrogens with one attached hydrogen (secondary N) is 1. The van der Waals surface area contributed by atoms with Crippen molar-refractivity contribution in [1.29, 1.82) is 0 Å². The highest BCUT2D eigenvalue weighted by molar-refractivity contribution is 4.85. The van der Waals surface area contributed by atoms with Crippen molar-refractivity contribution in [3.63, 3.8) is 0 Å². The molecule has 0 bridgehead atoms. The van der Waals surface area contributed by atoms with E-state index in [4.69, 9.17) is 0 Å². The van der Waals surface area contributed by atoms with Crippen LogP contribution >= 0.6 is 0 Å². The van der Waals surface area contributed by atoms with Crippen LogP contribution in [-0.2, 0) is 0 Å². The van der Waals surface area contributed by atoms with Crippen molar-refractivity contribution in [2.45, 2.75) is 83.7 Å². The average molecular weight is 266 g/mol. The van der Waals surface area contributed by atoms with Crippen molar-refractivity contribution in [2.75, 3.05) is 19.6 Å².